The van der Waals surface area contributed by atoms with Crippen molar-refractivity contribution in [3.8, 4) is 0 Å². The van der Waals surface area contributed by atoms with Gasteiger partial charge in [-0.1, -0.05) is 0 Å². The number of thiazole rings is 1. The number of nitrogens with zero attached hydrogens (tertiary/aromatic N) is 4. The van der Waals surface area contributed by atoms with Crippen LogP contribution in [-0.2, 0) is 22.5 Å². The lowest BCUT2D eigenvalue weighted by molar-refractivity contribution is -0.114. The third-order valence-corrected chi connectivity index (χ3v) is 5.92. The Bertz CT molecular complexity index is 949. The lowest BCUT2D eigenvalue weighted by Crippen LogP contribution is -2.56. The van der Waals surface area contributed by atoms with Crippen molar-refractivity contribution in [1.82, 2.24) is 19.8 Å². The first kappa shape index (κ1) is 24.1. The van der Waals surface area contributed by atoms with Crippen LogP contribution in [0.1, 0.15) is 49.5 Å². The summed E-state index contributed by atoms with van der Waals surface area (Å²) in [6, 6.07) is 4.16. The van der Waals surface area contributed by atoms with Crippen LogP contribution >= 0.6 is 11.3 Å². The zero-order chi connectivity index (χ0) is 23.5. The number of nitrogens with one attached hydrogen (secondary N) is 1. The molecule has 0 saturated carbocycles. The van der Waals surface area contributed by atoms with Gasteiger partial charge >= 0.3 is 6.09 Å². The van der Waals surface area contributed by atoms with Crippen molar-refractivity contribution in [3.63, 3.8) is 0 Å². The summed E-state index contributed by atoms with van der Waals surface area (Å²) >= 11 is 1.48. The van der Waals surface area contributed by atoms with E-state index in [4.69, 9.17) is 4.74 Å². The number of piperazine rings is 1. The Hall–Kier alpha value is -2.52. The fourth-order valence-corrected chi connectivity index (χ4v) is 4.82. The standard InChI is InChI=1S/C23H33N5O3S/c1-15-9-18(10-16(2)25-15)11-19-13-27(7-8-28(19)22(30)31-23(4,5)6)14-20-12-24-21(32-20)26-17(3)29/h9-10,12,19H,7-8,11,13-14H2,1-6H3,(H,24,26,29)/t19-/m1/s1. The fourth-order valence-electron chi connectivity index (χ4n) is 3.92. The van der Waals surface area contributed by atoms with Crippen LogP contribution in [0.2, 0.25) is 0 Å². The first-order chi connectivity index (χ1) is 15.0. The largest absolute Gasteiger partial charge is 0.444 e. The molecule has 1 aliphatic heterocycles. The molecule has 0 unspecified atom stereocenters. The van der Waals surface area contributed by atoms with Gasteiger partial charge in [0.1, 0.15) is 5.60 Å². The molecule has 2 aromatic rings. The molecule has 174 valence electrons. The second kappa shape index (κ2) is 9.95. The Morgan fingerprint density at radius 3 is 2.53 bits per heavy atom. The Morgan fingerprint density at radius 1 is 1.22 bits per heavy atom. The van der Waals surface area contributed by atoms with Crippen LogP contribution in [-0.4, -0.2) is 63.0 Å². The topological polar surface area (TPSA) is 87.7 Å². The molecule has 0 aliphatic carbocycles. The van der Waals surface area contributed by atoms with Crippen molar-refractivity contribution in [1.29, 1.82) is 0 Å². The molecule has 8 nitrogen and oxygen atoms in total. The van der Waals surface area contributed by atoms with Gasteiger partial charge in [-0.25, -0.2) is 9.78 Å². The molecule has 1 fully saturated rings. The molecule has 2 amide bonds. The summed E-state index contributed by atoms with van der Waals surface area (Å²) in [5.41, 5.74) is 2.59. The number of anilines is 1. The van der Waals surface area contributed by atoms with Gasteiger partial charge in [-0.05, 0) is 58.7 Å². The summed E-state index contributed by atoms with van der Waals surface area (Å²) in [6.45, 7) is 13.9. The third kappa shape index (κ3) is 7.00. The molecule has 1 atom stereocenters. The van der Waals surface area contributed by atoms with Crippen LogP contribution in [0.5, 0.6) is 0 Å². The highest BCUT2D eigenvalue weighted by Gasteiger charge is 2.33. The lowest BCUT2D eigenvalue weighted by Gasteiger charge is -2.41. The fraction of sp³-hybridized carbons (Fsp3) is 0.565. The van der Waals surface area contributed by atoms with Gasteiger partial charge in [-0.3, -0.25) is 14.7 Å². The average molecular weight is 460 g/mol. The maximum Gasteiger partial charge on any atom is 0.410 e. The maximum absolute atomic E-state index is 12.9. The Morgan fingerprint density at radius 2 is 1.91 bits per heavy atom. The summed E-state index contributed by atoms with van der Waals surface area (Å²) in [4.78, 5) is 38.2. The predicted octanol–water partition coefficient (Wildman–Crippen LogP) is 3.78. The molecule has 1 N–H and O–H groups in total. The summed E-state index contributed by atoms with van der Waals surface area (Å²) < 4.78 is 5.69. The summed E-state index contributed by atoms with van der Waals surface area (Å²) in [5.74, 6) is -0.125. The molecule has 1 saturated heterocycles. The first-order valence-electron chi connectivity index (χ1n) is 10.9. The van der Waals surface area contributed by atoms with Crippen LogP contribution < -0.4 is 5.32 Å². The van der Waals surface area contributed by atoms with E-state index in [9.17, 15) is 9.59 Å². The van der Waals surface area contributed by atoms with E-state index in [0.717, 1.165) is 42.3 Å². The molecular formula is C23H33N5O3S. The quantitative estimate of drug-likeness (QED) is 0.732. The second-order valence-corrected chi connectivity index (χ2v) is 10.5. The molecule has 3 rings (SSSR count). The van der Waals surface area contributed by atoms with Crippen LogP contribution in [0.4, 0.5) is 9.93 Å². The molecule has 9 heteroatoms. The third-order valence-electron chi connectivity index (χ3n) is 5.02. The molecule has 32 heavy (non-hydrogen) atoms. The highest BCUT2D eigenvalue weighted by molar-refractivity contribution is 7.15. The lowest BCUT2D eigenvalue weighted by atomic mass is 10.0. The Kier molecular flexibility index (Phi) is 7.51. The van der Waals surface area contributed by atoms with Gasteiger partial charge < -0.3 is 15.0 Å². The van der Waals surface area contributed by atoms with Gasteiger partial charge in [0.05, 0.1) is 6.04 Å². The molecule has 3 heterocycles. The van der Waals surface area contributed by atoms with Gasteiger partial charge in [-0.2, -0.15) is 0 Å². The van der Waals surface area contributed by atoms with Crippen molar-refractivity contribution < 1.29 is 14.3 Å². The number of hydrogen-bond donors (Lipinski definition) is 1. The minimum atomic E-state index is -0.536. The van der Waals surface area contributed by atoms with E-state index in [1.807, 2.05) is 39.5 Å². The number of aromatic nitrogens is 2. The van der Waals surface area contributed by atoms with Crippen LogP contribution in [0.3, 0.4) is 0 Å². The summed E-state index contributed by atoms with van der Waals surface area (Å²) in [5, 5.41) is 3.34. The van der Waals surface area contributed by atoms with E-state index >= 15 is 0 Å². The number of pyridine rings is 1. The van der Waals surface area contributed by atoms with Gasteiger partial charge in [0.25, 0.3) is 0 Å². The van der Waals surface area contributed by atoms with Gasteiger partial charge in [-0.15, -0.1) is 11.3 Å². The van der Waals surface area contributed by atoms with E-state index in [-0.39, 0.29) is 18.0 Å². The average Bonchev–Trinajstić information content (AvgIpc) is 3.05. The molecule has 0 spiro atoms. The van der Waals surface area contributed by atoms with E-state index in [1.54, 1.807) is 6.20 Å². The molecule has 1 aliphatic rings. The van der Waals surface area contributed by atoms with Crippen LogP contribution in [0.15, 0.2) is 18.3 Å². The number of amides is 2. The van der Waals surface area contributed by atoms with Crippen LogP contribution in [0.25, 0.3) is 0 Å². The number of hydrogen-bond acceptors (Lipinski definition) is 7. The molecule has 0 bridgehead atoms. The van der Waals surface area contributed by atoms with Crippen LogP contribution in [0, 0.1) is 13.8 Å². The first-order valence-corrected chi connectivity index (χ1v) is 11.7. The smallest absolute Gasteiger partial charge is 0.410 e. The van der Waals surface area contributed by atoms with Gasteiger partial charge in [0, 0.05) is 55.6 Å². The van der Waals surface area contributed by atoms with E-state index in [2.05, 4.69) is 32.3 Å². The minimum Gasteiger partial charge on any atom is -0.444 e. The van der Waals surface area contributed by atoms with Crippen molar-refractivity contribution in [3.05, 3.63) is 40.2 Å². The van der Waals surface area contributed by atoms with Gasteiger partial charge in [0.15, 0.2) is 5.13 Å². The van der Waals surface area contributed by atoms with Crippen molar-refractivity contribution in [2.24, 2.45) is 0 Å². The van der Waals surface area contributed by atoms with E-state index in [1.165, 1.54) is 23.8 Å². The van der Waals surface area contributed by atoms with E-state index < -0.39 is 5.60 Å². The Balaban J connectivity index is 1.75. The monoisotopic (exact) mass is 459 g/mol. The predicted molar refractivity (Wildman–Crippen MR) is 126 cm³/mol. The maximum atomic E-state index is 12.9. The zero-order valence-corrected chi connectivity index (χ0v) is 20.6. The second-order valence-electron chi connectivity index (χ2n) is 9.34. The summed E-state index contributed by atoms with van der Waals surface area (Å²) in [6.07, 6.45) is 2.27. The number of aryl methyl sites for hydroxylation is 2. The van der Waals surface area contributed by atoms with Crippen molar-refractivity contribution >= 4 is 28.5 Å². The molecular weight excluding hydrogens is 426 g/mol. The number of carbonyl (C=O) groups excluding carboxylic acids is 2. The Labute approximate surface area is 194 Å². The normalized spacial score (nSPS) is 17.3. The SMILES string of the molecule is CC(=O)Nc1ncc(CN2CCN(C(=O)OC(C)(C)C)[C@H](Cc3cc(C)nc(C)c3)C2)s1. The van der Waals surface area contributed by atoms with E-state index in [0.29, 0.717) is 11.7 Å². The highest BCUT2D eigenvalue weighted by atomic mass is 32.1. The number of carbonyl (C=O) groups is 2. The number of ether oxygens (including phenoxy) is 1. The zero-order valence-electron chi connectivity index (χ0n) is 19.8. The van der Waals surface area contributed by atoms with Crippen molar-refractivity contribution in [2.75, 3.05) is 25.0 Å². The molecule has 0 aromatic carbocycles. The highest BCUT2D eigenvalue weighted by Crippen LogP contribution is 2.24. The van der Waals surface area contributed by atoms with Gasteiger partial charge in [0.2, 0.25) is 5.91 Å². The number of rotatable bonds is 5. The minimum absolute atomic E-state index is 0.0115. The molecule has 2 aromatic heterocycles. The molecule has 0 radical (unpaired) electrons. The summed E-state index contributed by atoms with van der Waals surface area (Å²) in [7, 11) is 0. The van der Waals surface area contributed by atoms with Crippen molar-refractivity contribution in [2.45, 2.75) is 66.2 Å².